The lowest BCUT2D eigenvalue weighted by Crippen LogP contribution is -1.99. The van der Waals surface area contributed by atoms with Gasteiger partial charge in [-0.25, -0.2) is 4.39 Å². The third-order valence-electron chi connectivity index (χ3n) is 2.75. The summed E-state index contributed by atoms with van der Waals surface area (Å²) in [6, 6.07) is 9.41. The summed E-state index contributed by atoms with van der Waals surface area (Å²) in [5.74, 6) is -0.430. The van der Waals surface area contributed by atoms with Crippen molar-refractivity contribution in [3.8, 4) is 11.5 Å². The number of aryl methyl sites for hydroxylation is 1. The molecule has 0 aromatic heterocycles. The summed E-state index contributed by atoms with van der Waals surface area (Å²) in [5.41, 5.74) is 1.36. The fourth-order valence-electron chi connectivity index (χ4n) is 1.68. The number of ether oxygens (including phenoxy) is 1. The number of hydrogen-bond donors (Lipinski definition) is 1. The highest BCUT2D eigenvalue weighted by Crippen LogP contribution is 2.29. The number of para-hydroxylation sites is 1. The van der Waals surface area contributed by atoms with E-state index < -0.39 is 0 Å². The lowest BCUT2D eigenvalue weighted by molar-refractivity contribution is 0.112. The van der Waals surface area contributed by atoms with Crippen LogP contribution in [0.2, 0.25) is 0 Å². The highest BCUT2D eigenvalue weighted by atomic mass is 19.1. The second kappa shape index (κ2) is 5.52. The SMILES string of the molecule is Cc1ccc(COc2cccc(C=O)c2O)c(F)c1. The van der Waals surface area contributed by atoms with Gasteiger partial charge in [0, 0.05) is 5.56 Å². The van der Waals surface area contributed by atoms with Gasteiger partial charge in [-0.05, 0) is 30.7 Å². The number of carbonyl (C=O) groups is 1. The molecule has 0 heterocycles. The minimum Gasteiger partial charge on any atom is -0.504 e. The Morgan fingerprint density at radius 2 is 2.11 bits per heavy atom. The van der Waals surface area contributed by atoms with Crippen molar-refractivity contribution in [2.24, 2.45) is 0 Å². The summed E-state index contributed by atoms with van der Waals surface area (Å²) in [6.45, 7) is 1.79. The summed E-state index contributed by atoms with van der Waals surface area (Å²) in [4.78, 5) is 10.7. The maximum absolute atomic E-state index is 13.6. The molecule has 0 aliphatic heterocycles. The van der Waals surface area contributed by atoms with Crippen molar-refractivity contribution in [2.45, 2.75) is 13.5 Å². The largest absolute Gasteiger partial charge is 0.504 e. The zero-order chi connectivity index (χ0) is 13.8. The molecule has 0 spiro atoms. The normalized spacial score (nSPS) is 10.2. The van der Waals surface area contributed by atoms with Crippen LogP contribution in [0.4, 0.5) is 4.39 Å². The molecule has 19 heavy (non-hydrogen) atoms. The number of aldehydes is 1. The van der Waals surface area contributed by atoms with E-state index in [-0.39, 0.29) is 29.5 Å². The summed E-state index contributed by atoms with van der Waals surface area (Å²) >= 11 is 0. The van der Waals surface area contributed by atoms with E-state index in [1.165, 1.54) is 18.2 Å². The van der Waals surface area contributed by atoms with Crippen LogP contribution >= 0.6 is 0 Å². The van der Waals surface area contributed by atoms with Crippen LogP contribution in [0.3, 0.4) is 0 Å². The van der Waals surface area contributed by atoms with E-state index in [0.29, 0.717) is 11.8 Å². The zero-order valence-electron chi connectivity index (χ0n) is 10.4. The first-order chi connectivity index (χ1) is 9.11. The summed E-state index contributed by atoms with van der Waals surface area (Å²) in [7, 11) is 0. The molecule has 0 aliphatic carbocycles. The Balaban J connectivity index is 2.17. The van der Waals surface area contributed by atoms with Crippen molar-refractivity contribution in [3.05, 3.63) is 58.9 Å². The summed E-state index contributed by atoms with van der Waals surface area (Å²) in [5, 5.41) is 9.73. The molecule has 0 atom stereocenters. The van der Waals surface area contributed by atoms with Crippen molar-refractivity contribution in [1.29, 1.82) is 0 Å². The summed E-state index contributed by atoms with van der Waals surface area (Å²) < 4.78 is 18.9. The lowest BCUT2D eigenvalue weighted by atomic mass is 10.1. The molecule has 2 rings (SSSR count). The maximum atomic E-state index is 13.6. The molecule has 2 aromatic carbocycles. The number of phenols is 1. The van der Waals surface area contributed by atoms with Gasteiger partial charge in [0.2, 0.25) is 0 Å². The molecule has 0 bridgehead atoms. The standard InChI is InChI=1S/C15H13FO3/c1-10-5-6-12(13(16)7-10)9-19-14-4-2-3-11(8-17)15(14)18/h2-8,18H,9H2,1H3. The fourth-order valence-corrected chi connectivity index (χ4v) is 1.68. The van der Waals surface area contributed by atoms with Gasteiger partial charge >= 0.3 is 0 Å². The van der Waals surface area contributed by atoms with Crippen molar-refractivity contribution in [3.63, 3.8) is 0 Å². The molecule has 0 radical (unpaired) electrons. The van der Waals surface area contributed by atoms with Crippen LogP contribution in [0.5, 0.6) is 11.5 Å². The third-order valence-corrected chi connectivity index (χ3v) is 2.75. The first-order valence-electron chi connectivity index (χ1n) is 5.77. The van der Waals surface area contributed by atoms with E-state index in [1.54, 1.807) is 25.1 Å². The third kappa shape index (κ3) is 2.91. The molecule has 0 amide bonds. The molecule has 3 nitrogen and oxygen atoms in total. The Bertz CT molecular complexity index is 608. The van der Waals surface area contributed by atoms with E-state index in [4.69, 9.17) is 4.74 Å². The Hall–Kier alpha value is -2.36. The molecule has 0 fully saturated rings. The number of aromatic hydroxyl groups is 1. The lowest BCUT2D eigenvalue weighted by Gasteiger charge is -2.10. The van der Waals surface area contributed by atoms with E-state index in [2.05, 4.69) is 0 Å². The first kappa shape index (κ1) is 13.1. The minimum absolute atomic E-state index is 0.0119. The molecule has 4 heteroatoms. The van der Waals surface area contributed by atoms with Crippen LogP contribution in [0.15, 0.2) is 36.4 Å². The first-order valence-corrected chi connectivity index (χ1v) is 5.77. The van der Waals surface area contributed by atoms with E-state index in [9.17, 15) is 14.3 Å². The molecular formula is C15H13FO3. The second-order valence-corrected chi connectivity index (χ2v) is 4.20. The van der Waals surface area contributed by atoms with Gasteiger partial charge in [-0.3, -0.25) is 4.79 Å². The van der Waals surface area contributed by atoms with Crippen molar-refractivity contribution in [1.82, 2.24) is 0 Å². The number of halogens is 1. The predicted molar refractivity (Wildman–Crippen MR) is 69.0 cm³/mol. The average Bonchev–Trinajstić information content (AvgIpc) is 2.39. The monoisotopic (exact) mass is 260 g/mol. The Labute approximate surface area is 110 Å². The highest BCUT2D eigenvalue weighted by Gasteiger charge is 2.09. The molecule has 0 saturated heterocycles. The van der Waals surface area contributed by atoms with E-state index >= 15 is 0 Å². The number of benzene rings is 2. The van der Waals surface area contributed by atoms with Crippen LogP contribution in [0, 0.1) is 12.7 Å². The van der Waals surface area contributed by atoms with E-state index in [0.717, 1.165) is 5.56 Å². The van der Waals surface area contributed by atoms with Crippen molar-refractivity contribution in [2.75, 3.05) is 0 Å². The molecule has 2 aromatic rings. The topological polar surface area (TPSA) is 46.5 Å². The van der Waals surface area contributed by atoms with Crippen LogP contribution in [0.1, 0.15) is 21.5 Å². The van der Waals surface area contributed by atoms with Crippen LogP contribution in [0.25, 0.3) is 0 Å². The Kier molecular flexibility index (Phi) is 3.80. The summed E-state index contributed by atoms with van der Waals surface area (Å²) in [6.07, 6.45) is 0.536. The number of phenolic OH excluding ortho intramolecular Hbond substituents is 1. The Morgan fingerprint density at radius 3 is 2.79 bits per heavy atom. The van der Waals surface area contributed by atoms with Gasteiger partial charge in [-0.15, -0.1) is 0 Å². The molecular weight excluding hydrogens is 247 g/mol. The smallest absolute Gasteiger partial charge is 0.168 e. The quantitative estimate of drug-likeness (QED) is 0.858. The van der Waals surface area contributed by atoms with Crippen LogP contribution < -0.4 is 4.74 Å². The number of hydrogen-bond acceptors (Lipinski definition) is 3. The van der Waals surface area contributed by atoms with Gasteiger partial charge in [0.15, 0.2) is 17.8 Å². The Morgan fingerprint density at radius 1 is 1.32 bits per heavy atom. The molecule has 0 aliphatic rings. The number of carbonyl (C=O) groups excluding carboxylic acids is 1. The van der Waals surface area contributed by atoms with Gasteiger partial charge in [0.1, 0.15) is 12.4 Å². The molecule has 98 valence electrons. The zero-order valence-corrected chi connectivity index (χ0v) is 10.4. The van der Waals surface area contributed by atoms with Crippen molar-refractivity contribution < 1.29 is 19.0 Å². The fraction of sp³-hybridized carbons (Fsp3) is 0.133. The highest BCUT2D eigenvalue weighted by molar-refractivity contribution is 5.80. The van der Waals surface area contributed by atoms with Gasteiger partial charge in [0.25, 0.3) is 0 Å². The van der Waals surface area contributed by atoms with Gasteiger partial charge in [0.05, 0.1) is 5.56 Å². The molecule has 0 unspecified atom stereocenters. The van der Waals surface area contributed by atoms with E-state index in [1.807, 2.05) is 0 Å². The molecule has 0 saturated carbocycles. The van der Waals surface area contributed by atoms with Crippen LogP contribution in [-0.2, 0) is 6.61 Å². The predicted octanol–water partition coefficient (Wildman–Crippen LogP) is 3.23. The van der Waals surface area contributed by atoms with Gasteiger partial charge < -0.3 is 9.84 Å². The number of rotatable bonds is 4. The minimum atomic E-state index is -0.356. The second-order valence-electron chi connectivity index (χ2n) is 4.20. The average molecular weight is 260 g/mol. The van der Waals surface area contributed by atoms with Crippen molar-refractivity contribution >= 4 is 6.29 Å². The van der Waals surface area contributed by atoms with Crippen LogP contribution in [-0.4, -0.2) is 11.4 Å². The molecule has 1 N–H and O–H groups in total. The van der Waals surface area contributed by atoms with Gasteiger partial charge in [-0.1, -0.05) is 18.2 Å². The van der Waals surface area contributed by atoms with Gasteiger partial charge in [-0.2, -0.15) is 0 Å². The maximum Gasteiger partial charge on any atom is 0.168 e.